The highest BCUT2D eigenvalue weighted by molar-refractivity contribution is 8.00. The third-order valence-electron chi connectivity index (χ3n) is 3.72. The normalized spacial score (nSPS) is 20.4. The molecule has 116 valence electrons. The molecule has 0 aromatic heterocycles. The van der Waals surface area contributed by atoms with Gasteiger partial charge < -0.3 is 0 Å². The van der Waals surface area contributed by atoms with E-state index in [-0.39, 0.29) is 12.3 Å². The van der Waals surface area contributed by atoms with E-state index in [0.717, 1.165) is 12.2 Å². The molecular formula is C15H21NO3S2. The predicted molar refractivity (Wildman–Crippen MR) is 87.7 cm³/mol. The molecule has 6 heteroatoms. The summed E-state index contributed by atoms with van der Waals surface area (Å²) in [4.78, 5) is 14.1. The number of sulfone groups is 1. The van der Waals surface area contributed by atoms with Gasteiger partial charge in [0.05, 0.1) is 6.54 Å². The quantitative estimate of drug-likeness (QED) is 0.773. The first-order valence-corrected chi connectivity index (χ1v) is 10.2. The van der Waals surface area contributed by atoms with Crippen LogP contribution in [0.5, 0.6) is 0 Å². The molecule has 0 radical (unpaired) electrons. The van der Waals surface area contributed by atoms with Gasteiger partial charge in [-0.1, -0.05) is 31.2 Å². The number of rotatable bonds is 5. The maximum absolute atomic E-state index is 12.3. The molecule has 1 aromatic rings. The number of ketones is 1. The predicted octanol–water partition coefficient (Wildman–Crippen LogP) is 1.85. The number of benzene rings is 1. The summed E-state index contributed by atoms with van der Waals surface area (Å²) in [5, 5.41) is -0.546. The van der Waals surface area contributed by atoms with Crippen LogP contribution in [0.3, 0.4) is 0 Å². The Balaban J connectivity index is 2.09. The zero-order chi connectivity index (χ0) is 15.5. The fourth-order valence-corrected chi connectivity index (χ4v) is 5.33. The van der Waals surface area contributed by atoms with Crippen molar-refractivity contribution in [3.05, 3.63) is 35.4 Å². The van der Waals surface area contributed by atoms with Gasteiger partial charge in [-0.15, -0.1) is 0 Å². The van der Waals surface area contributed by atoms with E-state index in [9.17, 15) is 13.2 Å². The summed E-state index contributed by atoms with van der Waals surface area (Å²) >= 11 is 1.63. The first-order chi connectivity index (χ1) is 9.91. The van der Waals surface area contributed by atoms with Crippen molar-refractivity contribution in [2.24, 2.45) is 0 Å². The molecule has 1 fully saturated rings. The molecule has 0 saturated carbocycles. The number of aryl methyl sites for hydroxylation is 1. The van der Waals surface area contributed by atoms with Crippen LogP contribution in [-0.4, -0.2) is 55.3 Å². The molecule has 1 aromatic carbocycles. The standard InChI is InChI=1S/C15H21NO3S2/c1-3-12-4-6-13(7-5-12)14(17)10-16-8-9-20-11-15(16)21(2,18)19/h4-7,15H,3,8-11H2,1-2H3. The van der Waals surface area contributed by atoms with Crippen molar-refractivity contribution in [2.45, 2.75) is 18.7 Å². The first kappa shape index (κ1) is 16.5. The van der Waals surface area contributed by atoms with Crippen molar-refractivity contribution in [1.29, 1.82) is 0 Å². The van der Waals surface area contributed by atoms with Crippen molar-refractivity contribution >= 4 is 27.4 Å². The van der Waals surface area contributed by atoms with Crippen LogP contribution in [0.2, 0.25) is 0 Å². The van der Waals surface area contributed by atoms with Gasteiger partial charge in [-0.05, 0) is 12.0 Å². The number of hydrogen-bond acceptors (Lipinski definition) is 5. The van der Waals surface area contributed by atoms with Crippen LogP contribution < -0.4 is 0 Å². The second-order valence-corrected chi connectivity index (χ2v) is 8.66. The lowest BCUT2D eigenvalue weighted by molar-refractivity contribution is 0.0928. The van der Waals surface area contributed by atoms with E-state index in [0.29, 0.717) is 17.9 Å². The van der Waals surface area contributed by atoms with Crippen molar-refractivity contribution in [2.75, 3.05) is 30.9 Å². The molecular weight excluding hydrogens is 306 g/mol. The lowest BCUT2D eigenvalue weighted by Gasteiger charge is -2.33. The van der Waals surface area contributed by atoms with Gasteiger partial charge >= 0.3 is 0 Å². The average molecular weight is 327 g/mol. The molecule has 1 aliphatic rings. The smallest absolute Gasteiger partial charge is 0.176 e. The largest absolute Gasteiger partial charge is 0.293 e. The van der Waals surface area contributed by atoms with Crippen molar-refractivity contribution in [3.8, 4) is 0 Å². The molecule has 4 nitrogen and oxygen atoms in total. The Morgan fingerprint density at radius 2 is 2.00 bits per heavy atom. The SMILES string of the molecule is CCc1ccc(C(=O)CN2CCSCC2S(C)(=O)=O)cc1. The Morgan fingerprint density at radius 1 is 1.33 bits per heavy atom. The molecule has 1 unspecified atom stereocenters. The number of carbonyl (C=O) groups is 1. The lowest BCUT2D eigenvalue weighted by Crippen LogP contribution is -2.48. The molecule has 2 rings (SSSR count). The topological polar surface area (TPSA) is 54.5 Å². The minimum Gasteiger partial charge on any atom is -0.293 e. The molecule has 21 heavy (non-hydrogen) atoms. The molecule has 1 saturated heterocycles. The Hall–Kier alpha value is -0.850. The highest BCUT2D eigenvalue weighted by Gasteiger charge is 2.32. The lowest BCUT2D eigenvalue weighted by atomic mass is 10.1. The summed E-state index contributed by atoms with van der Waals surface area (Å²) in [7, 11) is -3.16. The van der Waals surface area contributed by atoms with Gasteiger partial charge in [0.2, 0.25) is 0 Å². The minimum absolute atomic E-state index is 0.0156. The molecule has 0 spiro atoms. The summed E-state index contributed by atoms with van der Waals surface area (Å²) in [6.45, 7) is 2.88. The van der Waals surface area contributed by atoms with E-state index in [4.69, 9.17) is 0 Å². The van der Waals surface area contributed by atoms with Gasteiger partial charge in [-0.25, -0.2) is 8.42 Å². The Labute approximate surface area is 130 Å². The number of Topliss-reactive ketones (excluding diaryl/α,β-unsaturated/α-hetero) is 1. The van der Waals surface area contributed by atoms with Gasteiger partial charge in [0.15, 0.2) is 15.6 Å². The molecule has 1 aliphatic heterocycles. The first-order valence-electron chi connectivity index (χ1n) is 7.04. The molecule has 0 amide bonds. The number of thioether (sulfide) groups is 1. The van der Waals surface area contributed by atoms with E-state index < -0.39 is 15.2 Å². The molecule has 1 atom stereocenters. The fourth-order valence-electron chi connectivity index (χ4n) is 2.39. The highest BCUT2D eigenvalue weighted by atomic mass is 32.2. The van der Waals surface area contributed by atoms with Crippen molar-refractivity contribution < 1.29 is 13.2 Å². The highest BCUT2D eigenvalue weighted by Crippen LogP contribution is 2.20. The van der Waals surface area contributed by atoms with Crippen molar-refractivity contribution in [3.63, 3.8) is 0 Å². The van der Waals surface area contributed by atoms with Crippen molar-refractivity contribution in [1.82, 2.24) is 4.90 Å². The zero-order valence-corrected chi connectivity index (χ0v) is 14.0. The Morgan fingerprint density at radius 3 is 2.57 bits per heavy atom. The van der Waals surface area contributed by atoms with Gasteiger partial charge in [0.25, 0.3) is 0 Å². The van der Waals surface area contributed by atoms with Gasteiger partial charge in [-0.3, -0.25) is 9.69 Å². The van der Waals surface area contributed by atoms with Crippen LogP contribution in [0.1, 0.15) is 22.8 Å². The van der Waals surface area contributed by atoms with E-state index in [1.165, 1.54) is 11.8 Å². The Bertz CT molecular complexity index is 596. The van der Waals surface area contributed by atoms with Gasteiger partial charge in [-0.2, -0.15) is 11.8 Å². The number of nitrogens with zero attached hydrogens (tertiary/aromatic N) is 1. The molecule has 0 bridgehead atoms. The second-order valence-electron chi connectivity index (χ2n) is 5.30. The zero-order valence-electron chi connectivity index (χ0n) is 12.4. The second kappa shape index (κ2) is 6.94. The summed E-state index contributed by atoms with van der Waals surface area (Å²) in [5.74, 6) is 1.40. The third-order valence-corrected chi connectivity index (χ3v) is 6.40. The fraction of sp³-hybridized carbons (Fsp3) is 0.533. The van der Waals surface area contributed by atoms with E-state index in [2.05, 4.69) is 6.92 Å². The van der Waals surface area contributed by atoms with Gasteiger partial charge in [0, 0.05) is 29.9 Å². The molecule has 0 aliphatic carbocycles. The third kappa shape index (κ3) is 4.31. The summed E-state index contributed by atoms with van der Waals surface area (Å²) in [5.41, 5.74) is 1.84. The van der Waals surface area contributed by atoms with Crippen LogP contribution >= 0.6 is 11.8 Å². The average Bonchev–Trinajstić information content (AvgIpc) is 2.47. The number of hydrogen-bond donors (Lipinski definition) is 0. The minimum atomic E-state index is -3.16. The van der Waals surface area contributed by atoms with Crippen LogP contribution in [0.25, 0.3) is 0 Å². The van der Waals surface area contributed by atoms with Crippen LogP contribution in [0, 0.1) is 0 Å². The monoisotopic (exact) mass is 327 g/mol. The maximum atomic E-state index is 12.3. The summed E-state index contributed by atoms with van der Waals surface area (Å²) < 4.78 is 23.7. The van der Waals surface area contributed by atoms with Crippen LogP contribution in [0.4, 0.5) is 0 Å². The summed E-state index contributed by atoms with van der Waals surface area (Å²) in [6, 6.07) is 7.56. The van der Waals surface area contributed by atoms with Crippen LogP contribution in [0.15, 0.2) is 24.3 Å². The van der Waals surface area contributed by atoms with E-state index >= 15 is 0 Å². The Kier molecular flexibility index (Phi) is 5.46. The van der Waals surface area contributed by atoms with E-state index in [1.54, 1.807) is 16.7 Å². The van der Waals surface area contributed by atoms with Gasteiger partial charge in [0.1, 0.15) is 5.37 Å². The van der Waals surface area contributed by atoms with Crippen LogP contribution in [-0.2, 0) is 16.3 Å². The maximum Gasteiger partial charge on any atom is 0.176 e. The summed E-state index contributed by atoms with van der Waals surface area (Å²) in [6.07, 6.45) is 2.19. The molecule has 0 N–H and O–H groups in total. The van der Waals surface area contributed by atoms with E-state index in [1.807, 2.05) is 24.3 Å². The number of carbonyl (C=O) groups excluding carboxylic acids is 1. The molecule has 1 heterocycles.